The maximum absolute atomic E-state index is 13.8. The summed E-state index contributed by atoms with van der Waals surface area (Å²) in [5.74, 6) is -2.33. The van der Waals surface area contributed by atoms with Gasteiger partial charge >= 0.3 is 5.97 Å². The fraction of sp³-hybridized carbons (Fsp3) is 0.800. The quantitative estimate of drug-likeness (QED) is 0.440. The number of hydrogen-bond donors (Lipinski definition) is 2. The number of aliphatic hydroxyl groups is 1. The molecule has 3 rings (SSSR count). The first-order valence-corrected chi connectivity index (χ1v) is 12.4. The third-order valence-corrected chi connectivity index (χ3v) is 7.34. The Kier molecular flexibility index (Phi) is 8.37. The number of rotatable bonds is 8. The van der Waals surface area contributed by atoms with Gasteiger partial charge in [0.05, 0.1) is 31.1 Å². The van der Waals surface area contributed by atoms with Gasteiger partial charge in [-0.2, -0.15) is 0 Å². The SMILES string of the molecule is CCOC(=O)[C@H]1[C@@H]2C(=O)N([C@@H](CO)CC(C)C)[C@H](C(=O)NC3CCCCC3)[C@H]2C=C[C@H]1C. The van der Waals surface area contributed by atoms with E-state index in [1.54, 1.807) is 11.8 Å². The van der Waals surface area contributed by atoms with Crippen LogP contribution in [-0.4, -0.2) is 59.1 Å². The molecule has 7 nitrogen and oxygen atoms in total. The molecule has 0 bridgehead atoms. The average Bonchev–Trinajstić information content (AvgIpc) is 3.05. The molecule has 1 heterocycles. The van der Waals surface area contributed by atoms with Gasteiger partial charge < -0.3 is 20.1 Å². The molecular weight excluding hydrogens is 408 g/mol. The number of nitrogens with zero attached hydrogens (tertiary/aromatic N) is 1. The molecule has 3 aliphatic rings. The van der Waals surface area contributed by atoms with Crippen molar-refractivity contribution in [1.82, 2.24) is 10.2 Å². The number of aliphatic hydroxyl groups excluding tert-OH is 1. The summed E-state index contributed by atoms with van der Waals surface area (Å²) in [6.45, 7) is 7.79. The van der Waals surface area contributed by atoms with E-state index in [2.05, 4.69) is 5.32 Å². The van der Waals surface area contributed by atoms with Crippen LogP contribution in [0.2, 0.25) is 0 Å². The summed E-state index contributed by atoms with van der Waals surface area (Å²) in [6.07, 6.45) is 9.77. The molecule has 2 fully saturated rings. The minimum atomic E-state index is -0.717. The number of hydrogen-bond acceptors (Lipinski definition) is 5. The molecule has 6 atom stereocenters. The van der Waals surface area contributed by atoms with Crippen molar-refractivity contribution in [3.8, 4) is 0 Å². The van der Waals surface area contributed by atoms with Crippen molar-refractivity contribution < 1.29 is 24.2 Å². The summed E-state index contributed by atoms with van der Waals surface area (Å²) in [5.41, 5.74) is 0. The second kappa shape index (κ2) is 10.8. The van der Waals surface area contributed by atoms with Crippen molar-refractivity contribution in [1.29, 1.82) is 0 Å². The number of nitrogens with one attached hydrogen (secondary N) is 1. The molecule has 2 amide bonds. The fourth-order valence-electron chi connectivity index (χ4n) is 5.89. The number of amides is 2. The van der Waals surface area contributed by atoms with Crippen LogP contribution in [0.1, 0.15) is 66.2 Å². The highest BCUT2D eigenvalue weighted by Gasteiger charge is 2.58. The van der Waals surface area contributed by atoms with Gasteiger partial charge in [-0.05, 0) is 38.0 Å². The summed E-state index contributed by atoms with van der Waals surface area (Å²) in [7, 11) is 0. The highest BCUT2D eigenvalue weighted by Crippen LogP contribution is 2.45. The van der Waals surface area contributed by atoms with Crippen molar-refractivity contribution in [2.75, 3.05) is 13.2 Å². The topological polar surface area (TPSA) is 95.9 Å². The molecular formula is C25H40N2O5. The fourth-order valence-corrected chi connectivity index (χ4v) is 5.89. The monoisotopic (exact) mass is 448 g/mol. The van der Waals surface area contributed by atoms with Crippen LogP contribution in [0.5, 0.6) is 0 Å². The standard InChI is InChI=1S/C25H40N2O5/c1-5-32-25(31)20-16(4)11-12-19-21(20)24(30)27(18(14-28)13-15(2)3)22(19)23(29)26-17-9-7-6-8-10-17/h11-12,15-22,28H,5-10,13-14H2,1-4H3,(H,26,29)/t16-,18-,19+,20-,21-,22+/m1/s1. The maximum Gasteiger partial charge on any atom is 0.310 e. The van der Waals surface area contributed by atoms with Crippen LogP contribution in [0.3, 0.4) is 0 Å². The molecule has 2 N–H and O–H groups in total. The molecule has 1 aliphatic heterocycles. The minimum Gasteiger partial charge on any atom is -0.466 e. The highest BCUT2D eigenvalue weighted by molar-refractivity contribution is 5.96. The predicted molar refractivity (Wildman–Crippen MR) is 121 cm³/mol. The van der Waals surface area contributed by atoms with Gasteiger partial charge in [0, 0.05) is 12.0 Å². The summed E-state index contributed by atoms with van der Waals surface area (Å²) in [6, 6.07) is -1.05. The molecule has 1 saturated carbocycles. The van der Waals surface area contributed by atoms with E-state index in [0.29, 0.717) is 6.42 Å². The Morgan fingerprint density at radius 3 is 2.50 bits per heavy atom. The first-order valence-electron chi connectivity index (χ1n) is 12.4. The number of allylic oxidation sites excluding steroid dienone is 1. The van der Waals surface area contributed by atoms with Gasteiger partial charge in [0.15, 0.2) is 0 Å². The minimum absolute atomic E-state index is 0.122. The Bertz CT molecular complexity index is 715. The largest absolute Gasteiger partial charge is 0.466 e. The lowest BCUT2D eigenvalue weighted by Crippen LogP contribution is -2.54. The zero-order chi connectivity index (χ0) is 23.4. The molecule has 32 heavy (non-hydrogen) atoms. The Morgan fingerprint density at radius 1 is 1.22 bits per heavy atom. The molecule has 0 aromatic heterocycles. The van der Waals surface area contributed by atoms with Crippen LogP contribution in [0.15, 0.2) is 12.2 Å². The number of fused-ring (bicyclic) bond motifs is 1. The van der Waals surface area contributed by atoms with E-state index in [4.69, 9.17) is 4.74 Å². The van der Waals surface area contributed by atoms with Crippen LogP contribution in [0.4, 0.5) is 0 Å². The summed E-state index contributed by atoms with van der Waals surface area (Å²) in [5, 5.41) is 13.4. The lowest BCUT2D eigenvalue weighted by Gasteiger charge is -2.35. The Morgan fingerprint density at radius 2 is 1.91 bits per heavy atom. The molecule has 0 unspecified atom stereocenters. The van der Waals surface area contributed by atoms with E-state index in [0.717, 1.165) is 25.7 Å². The van der Waals surface area contributed by atoms with Crippen LogP contribution in [0.25, 0.3) is 0 Å². The molecule has 1 saturated heterocycles. The van der Waals surface area contributed by atoms with E-state index >= 15 is 0 Å². The van der Waals surface area contributed by atoms with Gasteiger partial charge in [-0.25, -0.2) is 0 Å². The van der Waals surface area contributed by atoms with Gasteiger partial charge in [0.2, 0.25) is 11.8 Å². The summed E-state index contributed by atoms with van der Waals surface area (Å²) in [4.78, 5) is 41.8. The Balaban J connectivity index is 1.96. The highest BCUT2D eigenvalue weighted by atomic mass is 16.5. The van der Waals surface area contributed by atoms with Gasteiger partial charge in [0.1, 0.15) is 6.04 Å². The molecule has 0 spiro atoms. The first kappa shape index (κ1) is 24.7. The zero-order valence-electron chi connectivity index (χ0n) is 20.0. The third kappa shape index (κ3) is 5.03. The van der Waals surface area contributed by atoms with Gasteiger partial charge in [0.25, 0.3) is 0 Å². The van der Waals surface area contributed by atoms with Gasteiger partial charge in [-0.1, -0.05) is 52.2 Å². The van der Waals surface area contributed by atoms with Crippen LogP contribution in [0, 0.1) is 29.6 Å². The summed E-state index contributed by atoms with van der Waals surface area (Å²) >= 11 is 0. The van der Waals surface area contributed by atoms with Gasteiger partial charge in [-0.3, -0.25) is 14.4 Å². The van der Waals surface area contributed by atoms with Crippen molar-refractivity contribution in [3.05, 3.63) is 12.2 Å². The molecule has 180 valence electrons. The average molecular weight is 449 g/mol. The van der Waals surface area contributed by atoms with Crippen molar-refractivity contribution >= 4 is 17.8 Å². The molecule has 2 aliphatic carbocycles. The van der Waals surface area contributed by atoms with Crippen molar-refractivity contribution in [2.24, 2.45) is 29.6 Å². The van der Waals surface area contributed by atoms with Crippen LogP contribution >= 0.6 is 0 Å². The molecule has 7 heteroatoms. The molecule has 0 radical (unpaired) electrons. The lowest BCUT2D eigenvalue weighted by molar-refractivity contribution is -0.156. The molecule has 0 aromatic rings. The second-order valence-corrected chi connectivity index (χ2v) is 10.1. The Hall–Kier alpha value is -1.89. The summed E-state index contributed by atoms with van der Waals surface area (Å²) < 4.78 is 5.32. The number of carbonyl (C=O) groups is 3. The van der Waals surface area contributed by atoms with Crippen molar-refractivity contribution in [3.63, 3.8) is 0 Å². The Labute approximate surface area is 191 Å². The van der Waals surface area contributed by atoms with E-state index in [1.165, 1.54) is 6.42 Å². The first-order chi connectivity index (χ1) is 15.3. The van der Waals surface area contributed by atoms with Crippen molar-refractivity contribution in [2.45, 2.75) is 84.3 Å². The smallest absolute Gasteiger partial charge is 0.310 e. The van der Waals surface area contributed by atoms with E-state index in [9.17, 15) is 19.5 Å². The van der Waals surface area contributed by atoms with Crippen LogP contribution in [-0.2, 0) is 19.1 Å². The predicted octanol–water partition coefficient (Wildman–Crippen LogP) is 2.67. The zero-order valence-corrected chi connectivity index (χ0v) is 20.0. The van der Waals surface area contributed by atoms with Crippen LogP contribution < -0.4 is 5.32 Å². The van der Waals surface area contributed by atoms with E-state index in [1.807, 2.05) is 32.9 Å². The number of esters is 1. The maximum atomic E-state index is 13.8. The van der Waals surface area contributed by atoms with E-state index in [-0.39, 0.29) is 48.9 Å². The number of carbonyl (C=O) groups excluding carboxylic acids is 3. The normalized spacial score (nSPS) is 31.5. The second-order valence-electron chi connectivity index (χ2n) is 10.1. The third-order valence-electron chi connectivity index (χ3n) is 7.34. The molecule has 0 aromatic carbocycles. The number of ether oxygens (including phenoxy) is 1. The van der Waals surface area contributed by atoms with Gasteiger partial charge in [-0.15, -0.1) is 0 Å². The lowest BCUT2D eigenvalue weighted by atomic mass is 9.70. The van der Waals surface area contributed by atoms with E-state index < -0.39 is 29.8 Å². The number of likely N-dealkylation sites (tertiary alicyclic amines) is 1.